The molecule has 8 heteroatoms. The maximum absolute atomic E-state index is 12.1. The van der Waals surface area contributed by atoms with Crippen LogP contribution in [-0.4, -0.2) is 36.0 Å². The lowest BCUT2D eigenvalue weighted by Gasteiger charge is -2.35. The number of ether oxygens (including phenoxy) is 4. The van der Waals surface area contributed by atoms with Gasteiger partial charge >= 0.3 is 29.9 Å². The largest absolute Gasteiger partial charge is 0.463 e. The smallest absolute Gasteiger partial charge is 0.446 e. The van der Waals surface area contributed by atoms with Crippen LogP contribution in [-0.2, 0) is 38.1 Å². The van der Waals surface area contributed by atoms with Crippen LogP contribution in [0.25, 0.3) is 0 Å². The quantitative estimate of drug-likeness (QED) is 0.341. The number of hydrogen-bond acceptors (Lipinski definition) is 8. The van der Waals surface area contributed by atoms with Crippen LogP contribution in [0.15, 0.2) is 48.6 Å². The van der Waals surface area contributed by atoms with Crippen molar-refractivity contribution in [2.45, 2.75) is 46.7 Å². The molecular formula is C19H24O8. The van der Waals surface area contributed by atoms with E-state index in [1.54, 1.807) is 0 Å². The SMILES string of the molecule is C=C(C)C(=O)OC(C)C(OC(=O)C(=C)C)(OC(=O)C(=C)C)OC(=O)C(=C)C. The predicted octanol–water partition coefficient (Wildman–Crippen LogP) is 2.51. The zero-order chi connectivity index (χ0) is 21.5. The van der Waals surface area contributed by atoms with Gasteiger partial charge in [-0.1, -0.05) is 26.3 Å². The van der Waals surface area contributed by atoms with Gasteiger partial charge in [0, 0.05) is 22.3 Å². The molecule has 0 aliphatic carbocycles. The third-order valence-electron chi connectivity index (χ3n) is 2.88. The van der Waals surface area contributed by atoms with E-state index < -0.39 is 36.0 Å². The van der Waals surface area contributed by atoms with E-state index in [0.29, 0.717) is 0 Å². The van der Waals surface area contributed by atoms with Crippen molar-refractivity contribution in [1.82, 2.24) is 0 Å². The highest BCUT2D eigenvalue weighted by Crippen LogP contribution is 2.27. The fourth-order valence-electron chi connectivity index (χ4n) is 1.29. The second kappa shape index (κ2) is 9.51. The van der Waals surface area contributed by atoms with Gasteiger partial charge in [0.15, 0.2) is 0 Å². The van der Waals surface area contributed by atoms with E-state index in [0.717, 1.165) is 0 Å². The van der Waals surface area contributed by atoms with Crippen LogP contribution in [0.1, 0.15) is 34.6 Å². The average Bonchev–Trinajstić information content (AvgIpc) is 2.53. The summed E-state index contributed by atoms with van der Waals surface area (Å²) >= 11 is 0. The molecule has 148 valence electrons. The first-order chi connectivity index (χ1) is 12.2. The minimum Gasteiger partial charge on any atom is -0.446 e. The van der Waals surface area contributed by atoms with E-state index >= 15 is 0 Å². The first kappa shape index (κ1) is 23.8. The highest BCUT2D eigenvalue weighted by Gasteiger charge is 2.52. The third kappa shape index (κ3) is 6.93. The molecule has 0 aliphatic rings. The summed E-state index contributed by atoms with van der Waals surface area (Å²) in [6.07, 6.45) is -1.56. The highest BCUT2D eigenvalue weighted by atomic mass is 16.9. The molecule has 0 rings (SSSR count). The third-order valence-corrected chi connectivity index (χ3v) is 2.88. The highest BCUT2D eigenvalue weighted by molar-refractivity contribution is 5.91. The molecular weight excluding hydrogens is 356 g/mol. The van der Waals surface area contributed by atoms with Crippen molar-refractivity contribution in [3.05, 3.63) is 48.6 Å². The predicted molar refractivity (Wildman–Crippen MR) is 95.8 cm³/mol. The maximum Gasteiger partial charge on any atom is 0.463 e. The monoisotopic (exact) mass is 380 g/mol. The van der Waals surface area contributed by atoms with Gasteiger partial charge in [-0.2, -0.15) is 0 Å². The number of rotatable bonds is 9. The van der Waals surface area contributed by atoms with Crippen LogP contribution < -0.4 is 0 Å². The Morgan fingerprint density at radius 2 is 0.889 bits per heavy atom. The zero-order valence-electron chi connectivity index (χ0n) is 16.2. The summed E-state index contributed by atoms with van der Waals surface area (Å²) in [6.45, 7) is 20.2. The van der Waals surface area contributed by atoms with Gasteiger partial charge in [0.2, 0.25) is 6.10 Å². The molecule has 0 aliphatic heterocycles. The molecule has 8 nitrogen and oxygen atoms in total. The maximum atomic E-state index is 12.1. The molecule has 0 heterocycles. The fourth-order valence-corrected chi connectivity index (χ4v) is 1.29. The number of hydrogen-bond donors (Lipinski definition) is 0. The topological polar surface area (TPSA) is 105 Å². The second-order valence-electron chi connectivity index (χ2n) is 5.94. The van der Waals surface area contributed by atoms with Gasteiger partial charge in [-0.3, -0.25) is 0 Å². The van der Waals surface area contributed by atoms with Gasteiger partial charge in [-0.25, -0.2) is 19.2 Å². The van der Waals surface area contributed by atoms with Gasteiger partial charge in [-0.05, 0) is 34.6 Å². The van der Waals surface area contributed by atoms with Crippen LogP contribution in [0.5, 0.6) is 0 Å². The normalized spacial score (nSPS) is 11.4. The minimum absolute atomic E-state index is 0.0134. The van der Waals surface area contributed by atoms with E-state index in [9.17, 15) is 19.2 Å². The van der Waals surface area contributed by atoms with E-state index in [2.05, 4.69) is 26.3 Å². The Morgan fingerprint density at radius 3 is 1.11 bits per heavy atom. The zero-order valence-corrected chi connectivity index (χ0v) is 16.2. The lowest BCUT2D eigenvalue weighted by atomic mass is 10.2. The van der Waals surface area contributed by atoms with Gasteiger partial charge in [0.25, 0.3) is 0 Å². The van der Waals surface area contributed by atoms with Crippen LogP contribution >= 0.6 is 0 Å². The summed E-state index contributed by atoms with van der Waals surface area (Å²) in [7, 11) is 0. The van der Waals surface area contributed by atoms with Crippen molar-refractivity contribution in [2.75, 3.05) is 0 Å². The lowest BCUT2D eigenvalue weighted by molar-refractivity contribution is -0.357. The molecule has 1 atom stereocenters. The Bertz CT molecular complexity index is 644. The summed E-state index contributed by atoms with van der Waals surface area (Å²) in [4.78, 5) is 48.1. The van der Waals surface area contributed by atoms with Crippen LogP contribution in [0.3, 0.4) is 0 Å². The summed E-state index contributed by atoms with van der Waals surface area (Å²) in [5.74, 6) is -6.80. The number of carbonyl (C=O) groups excluding carboxylic acids is 4. The van der Waals surface area contributed by atoms with Crippen LogP contribution in [0, 0.1) is 0 Å². The molecule has 0 spiro atoms. The molecule has 1 unspecified atom stereocenters. The Kier molecular flexibility index (Phi) is 8.40. The Balaban J connectivity index is 6.23. The Hall–Kier alpha value is -3.16. The summed E-state index contributed by atoms with van der Waals surface area (Å²) < 4.78 is 20.3. The van der Waals surface area contributed by atoms with Crippen molar-refractivity contribution in [2.24, 2.45) is 0 Å². The molecule has 0 aromatic heterocycles. The minimum atomic E-state index is -2.73. The summed E-state index contributed by atoms with van der Waals surface area (Å²) in [5.41, 5.74) is -0.249. The van der Waals surface area contributed by atoms with E-state index in [1.165, 1.54) is 34.6 Å². The molecule has 0 amide bonds. The standard InChI is InChI=1S/C19H24O8/c1-10(2)15(20)24-14(9)19(25-16(21)11(3)4,26-17(22)12(5)6)27-18(23)13(7)8/h14H,1,3,5,7H2,2,4,6,8-9H3. The van der Waals surface area contributed by atoms with E-state index in [1.807, 2.05) is 0 Å². The molecule has 0 aromatic carbocycles. The van der Waals surface area contributed by atoms with Crippen molar-refractivity contribution < 1.29 is 38.1 Å². The Morgan fingerprint density at radius 1 is 0.630 bits per heavy atom. The van der Waals surface area contributed by atoms with Gasteiger partial charge < -0.3 is 18.9 Å². The molecule has 0 saturated carbocycles. The van der Waals surface area contributed by atoms with Crippen molar-refractivity contribution in [1.29, 1.82) is 0 Å². The molecule has 0 fully saturated rings. The Labute approximate surface area is 158 Å². The van der Waals surface area contributed by atoms with E-state index in [-0.39, 0.29) is 22.3 Å². The lowest BCUT2D eigenvalue weighted by Crippen LogP contribution is -2.54. The average molecular weight is 380 g/mol. The van der Waals surface area contributed by atoms with Gasteiger partial charge in [0.05, 0.1) is 0 Å². The molecule has 0 aromatic rings. The van der Waals surface area contributed by atoms with Crippen molar-refractivity contribution in [3.63, 3.8) is 0 Å². The van der Waals surface area contributed by atoms with E-state index in [4.69, 9.17) is 18.9 Å². The summed E-state index contributed by atoms with van der Waals surface area (Å²) in [5, 5.41) is 0. The second-order valence-corrected chi connectivity index (χ2v) is 5.94. The van der Waals surface area contributed by atoms with Crippen molar-refractivity contribution >= 4 is 23.9 Å². The van der Waals surface area contributed by atoms with Crippen LogP contribution in [0.4, 0.5) is 0 Å². The number of esters is 4. The van der Waals surface area contributed by atoms with Crippen molar-refractivity contribution in [3.8, 4) is 0 Å². The molecule has 0 radical (unpaired) electrons. The van der Waals surface area contributed by atoms with Crippen LogP contribution in [0.2, 0.25) is 0 Å². The molecule has 0 bridgehead atoms. The first-order valence-electron chi connectivity index (χ1n) is 7.76. The molecule has 0 saturated heterocycles. The first-order valence-corrected chi connectivity index (χ1v) is 7.76. The molecule has 0 N–H and O–H groups in total. The van der Waals surface area contributed by atoms with Gasteiger partial charge in [0.1, 0.15) is 0 Å². The number of carbonyl (C=O) groups is 4. The van der Waals surface area contributed by atoms with Gasteiger partial charge in [-0.15, -0.1) is 0 Å². The fraction of sp³-hybridized carbons (Fsp3) is 0.368. The molecule has 27 heavy (non-hydrogen) atoms. The summed E-state index contributed by atoms with van der Waals surface area (Å²) in [6, 6.07) is 0.